The number of piperidine rings is 1. The maximum Gasteiger partial charge on any atom is 0.236 e. The lowest BCUT2D eigenvalue weighted by atomic mass is 9.99. The fourth-order valence-corrected chi connectivity index (χ4v) is 2.99. The fourth-order valence-electron chi connectivity index (χ4n) is 2.99. The molecule has 0 atom stereocenters. The highest BCUT2D eigenvalue weighted by Crippen LogP contribution is 2.16. The predicted octanol–water partition coefficient (Wildman–Crippen LogP) is 3.32. The summed E-state index contributed by atoms with van der Waals surface area (Å²) in [5.74, 6) is 1.13. The quantitative estimate of drug-likeness (QED) is 0.795. The van der Waals surface area contributed by atoms with Gasteiger partial charge in [-0.3, -0.25) is 14.6 Å². The molecule has 2 fully saturated rings. The Morgan fingerprint density at radius 2 is 1.39 bits per heavy atom. The number of carbonyl (C=O) groups is 1. The van der Waals surface area contributed by atoms with Gasteiger partial charge in [0.05, 0.1) is 6.54 Å². The van der Waals surface area contributed by atoms with Crippen LogP contribution >= 0.6 is 0 Å². The highest BCUT2D eigenvalue weighted by molar-refractivity contribution is 5.78. The van der Waals surface area contributed by atoms with E-state index in [0.717, 1.165) is 45.2 Å². The average Bonchev–Trinajstić information content (AvgIpc) is 2.59. The van der Waals surface area contributed by atoms with Crippen LogP contribution in [0.4, 0.5) is 0 Å². The molecule has 0 aromatic carbocycles. The van der Waals surface area contributed by atoms with Crippen molar-refractivity contribution >= 4 is 5.91 Å². The average molecular weight is 328 g/mol. The number of hydrogen-bond acceptors (Lipinski definition) is 3. The lowest BCUT2D eigenvalue weighted by molar-refractivity contribution is -0.134. The first-order valence-electron chi connectivity index (χ1n) is 9.80. The molecule has 0 saturated carbocycles. The van der Waals surface area contributed by atoms with Crippen LogP contribution in [0.2, 0.25) is 0 Å². The summed E-state index contributed by atoms with van der Waals surface area (Å²) in [5.41, 5.74) is 0. The molecule has 2 heterocycles. The first-order valence-corrected chi connectivity index (χ1v) is 9.80. The molecule has 0 bridgehead atoms. The van der Waals surface area contributed by atoms with E-state index in [1.54, 1.807) is 0 Å². The van der Waals surface area contributed by atoms with Crippen LogP contribution in [-0.4, -0.2) is 72.5 Å². The maximum absolute atomic E-state index is 12.3. The molecule has 0 aliphatic carbocycles. The largest absolute Gasteiger partial charge is 0.342 e. The van der Waals surface area contributed by atoms with E-state index in [1.165, 1.54) is 12.8 Å². The third-order valence-corrected chi connectivity index (χ3v) is 4.63. The van der Waals surface area contributed by atoms with Gasteiger partial charge >= 0.3 is 0 Å². The minimum Gasteiger partial charge on any atom is -0.342 e. The molecule has 0 aromatic rings. The number of likely N-dealkylation sites (tertiary alicyclic amines) is 1. The number of rotatable bonds is 3. The Balaban J connectivity index is 0.00000112. The normalized spacial score (nSPS) is 20.4. The highest BCUT2D eigenvalue weighted by Gasteiger charge is 2.24. The standard InChI is InChI=1S/C15H29N3O.2C2H6/c1-13(2)17-10-8-16(9-11-17)12-15(19)18-6-4-14(3)5-7-18;2*1-2/h13-14H,4-12H2,1-3H3;2*1-2H3. The van der Waals surface area contributed by atoms with Crippen LogP contribution < -0.4 is 0 Å². The third-order valence-electron chi connectivity index (χ3n) is 4.63. The van der Waals surface area contributed by atoms with E-state index >= 15 is 0 Å². The van der Waals surface area contributed by atoms with E-state index in [9.17, 15) is 4.79 Å². The first kappa shape index (κ1) is 22.4. The summed E-state index contributed by atoms with van der Waals surface area (Å²) in [4.78, 5) is 19.1. The number of carbonyl (C=O) groups excluding carboxylic acids is 1. The molecule has 0 N–H and O–H groups in total. The summed E-state index contributed by atoms with van der Waals surface area (Å²) < 4.78 is 0. The first-order chi connectivity index (χ1) is 11.1. The molecular weight excluding hydrogens is 286 g/mol. The lowest BCUT2D eigenvalue weighted by Crippen LogP contribution is -2.52. The molecule has 0 aromatic heterocycles. The zero-order valence-corrected chi connectivity index (χ0v) is 16.8. The Hall–Kier alpha value is -0.610. The van der Waals surface area contributed by atoms with Crippen LogP contribution in [0.5, 0.6) is 0 Å². The smallest absolute Gasteiger partial charge is 0.236 e. The highest BCUT2D eigenvalue weighted by atomic mass is 16.2. The number of hydrogen-bond donors (Lipinski definition) is 0. The molecular formula is C19H41N3O. The zero-order chi connectivity index (χ0) is 17.8. The van der Waals surface area contributed by atoms with E-state index in [2.05, 4.69) is 35.5 Å². The topological polar surface area (TPSA) is 26.8 Å². The zero-order valence-electron chi connectivity index (χ0n) is 16.8. The van der Waals surface area contributed by atoms with E-state index < -0.39 is 0 Å². The minimum atomic E-state index is 0.338. The van der Waals surface area contributed by atoms with Gasteiger partial charge in [-0.05, 0) is 32.6 Å². The number of amides is 1. The van der Waals surface area contributed by atoms with Crippen molar-refractivity contribution in [2.75, 3.05) is 45.8 Å². The van der Waals surface area contributed by atoms with Gasteiger partial charge in [-0.25, -0.2) is 0 Å². The van der Waals surface area contributed by atoms with Crippen molar-refractivity contribution in [2.45, 2.75) is 67.3 Å². The van der Waals surface area contributed by atoms with Crippen molar-refractivity contribution in [1.82, 2.24) is 14.7 Å². The van der Waals surface area contributed by atoms with E-state index in [-0.39, 0.29) is 0 Å². The SMILES string of the molecule is CC.CC.CC1CCN(C(=O)CN2CCN(C(C)C)CC2)CC1. The van der Waals surface area contributed by atoms with Gasteiger partial charge < -0.3 is 4.90 Å². The molecule has 4 heteroatoms. The van der Waals surface area contributed by atoms with Crippen LogP contribution in [0.15, 0.2) is 0 Å². The van der Waals surface area contributed by atoms with Crippen molar-refractivity contribution in [3.8, 4) is 0 Å². The Morgan fingerprint density at radius 3 is 1.83 bits per heavy atom. The summed E-state index contributed by atoms with van der Waals surface area (Å²) in [6.07, 6.45) is 2.35. The monoisotopic (exact) mass is 327 g/mol. The van der Waals surface area contributed by atoms with Gasteiger partial charge in [0.25, 0.3) is 0 Å². The molecule has 23 heavy (non-hydrogen) atoms. The van der Waals surface area contributed by atoms with Crippen molar-refractivity contribution in [2.24, 2.45) is 5.92 Å². The molecule has 2 rings (SSSR count). The molecule has 2 saturated heterocycles. The number of nitrogens with zero attached hydrogens (tertiary/aromatic N) is 3. The minimum absolute atomic E-state index is 0.338. The Kier molecular flexibility index (Phi) is 12.4. The molecule has 2 aliphatic rings. The molecule has 0 unspecified atom stereocenters. The van der Waals surface area contributed by atoms with E-state index in [0.29, 0.717) is 18.5 Å². The van der Waals surface area contributed by atoms with Crippen molar-refractivity contribution < 1.29 is 4.79 Å². The van der Waals surface area contributed by atoms with Gasteiger partial charge in [-0.1, -0.05) is 34.6 Å². The summed E-state index contributed by atoms with van der Waals surface area (Å²) >= 11 is 0. The van der Waals surface area contributed by atoms with Crippen molar-refractivity contribution in [3.63, 3.8) is 0 Å². The fraction of sp³-hybridized carbons (Fsp3) is 0.947. The Labute approximate surface area is 145 Å². The molecule has 1 amide bonds. The predicted molar refractivity (Wildman–Crippen MR) is 101 cm³/mol. The maximum atomic E-state index is 12.3. The lowest BCUT2D eigenvalue weighted by Gasteiger charge is -2.38. The van der Waals surface area contributed by atoms with Gasteiger partial charge in [0.15, 0.2) is 0 Å². The van der Waals surface area contributed by atoms with Gasteiger partial charge in [-0.2, -0.15) is 0 Å². The molecule has 0 radical (unpaired) electrons. The van der Waals surface area contributed by atoms with Crippen LogP contribution in [0.25, 0.3) is 0 Å². The van der Waals surface area contributed by atoms with Crippen molar-refractivity contribution in [3.05, 3.63) is 0 Å². The van der Waals surface area contributed by atoms with E-state index in [1.807, 2.05) is 27.7 Å². The number of piperazine rings is 1. The summed E-state index contributed by atoms with van der Waals surface area (Å²) in [6.45, 7) is 21.6. The van der Waals surface area contributed by atoms with Crippen LogP contribution in [0.3, 0.4) is 0 Å². The Morgan fingerprint density at radius 1 is 0.913 bits per heavy atom. The molecule has 0 spiro atoms. The summed E-state index contributed by atoms with van der Waals surface area (Å²) in [5, 5.41) is 0. The van der Waals surface area contributed by atoms with Crippen LogP contribution in [0.1, 0.15) is 61.3 Å². The third kappa shape index (κ3) is 8.16. The van der Waals surface area contributed by atoms with E-state index in [4.69, 9.17) is 0 Å². The van der Waals surface area contributed by atoms with Gasteiger partial charge in [0.2, 0.25) is 5.91 Å². The Bertz CT molecular complexity index is 291. The summed E-state index contributed by atoms with van der Waals surface area (Å²) in [6, 6.07) is 0.626. The second-order valence-electron chi connectivity index (χ2n) is 6.47. The molecule has 4 nitrogen and oxygen atoms in total. The van der Waals surface area contributed by atoms with Crippen LogP contribution in [-0.2, 0) is 4.79 Å². The van der Waals surface area contributed by atoms with Crippen LogP contribution in [0, 0.1) is 5.92 Å². The van der Waals surface area contributed by atoms with Gasteiger partial charge in [0.1, 0.15) is 0 Å². The second kappa shape index (κ2) is 12.8. The van der Waals surface area contributed by atoms with Crippen molar-refractivity contribution in [1.29, 1.82) is 0 Å². The second-order valence-corrected chi connectivity index (χ2v) is 6.47. The summed E-state index contributed by atoms with van der Waals surface area (Å²) in [7, 11) is 0. The van der Waals surface area contributed by atoms with Gasteiger partial charge in [-0.15, -0.1) is 0 Å². The molecule has 138 valence electrons. The molecule has 2 aliphatic heterocycles. The van der Waals surface area contributed by atoms with Gasteiger partial charge in [0, 0.05) is 45.3 Å².